The molecule has 0 bridgehead atoms. The number of anilines is 1. The molecule has 6 heteroatoms. The number of nitrogens with one attached hydrogen (secondary N) is 1. The van der Waals surface area contributed by atoms with Gasteiger partial charge in [-0.2, -0.15) is 0 Å². The Bertz CT molecular complexity index is 477. The van der Waals surface area contributed by atoms with Gasteiger partial charge in [0.2, 0.25) is 5.91 Å². The van der Waals surface area contributed by atoms with Crippen LogP contribution in [0.1, 0.15) is 24.2 Å². The predicted molar refractivity (Wildman–Crippen MR) is 75.0 cm³/mol. The van der Waals surface area contributed by atoms with E-state index in [0.29, 0.717) is 18.8 Å². The number of carbonyl (C=O) groups is 2. The summed E-state index contributed by atoms with van der Waals surface area (Å²) in [6.07, 6.45) is 0. The molecule has 0 saturated carbocycles. The van der Waals surface area contributed by atoms with Gasteiger partial charge in [0.05, 0.1) is 17.3 Å². The summed E-state index contributed by atoms with van der Waals surface area (Å²) in [5, 5.41) is 12.1. The molecule has 0 radical (unpaired) electrons. The van der Waals surface area contributed by atoms with Crippen LogP contribution in [0.25, 0.3) is 0 Å². The highest BCUT2D eigenvalue weighted by Crippen LogP contribution is 2.27. The van der Waals surface area contributed by atoms with Crippen LogP contribution in [0.5, 0.6) is 0 Å². The van der Waals surface area contributed by atoms with Crippen LogP contribution in [0.3, 0.4) is 0 Å². The first-order valence-corrected chi connectivity index (χ1v) is 6.42. The van der Waals surface area contributed by atoms with E-state index in [0.717, 1.165) is 0 Å². The lowest BCUT2D eigenvalue weighted by Crippen LogP contribution is -2.37. The molecular weight excluding hydrogens is 268 g/mol. The summed E-state index contributed by atoms with van der Waals surface area (Å²) in [6, 6.07) is 4.84. The van der Waals surface area contributed by atoms with Crippen molar-refractivity contribution >= 4 is 29.2 Å². The Morgan fingerprint density at radius 1 is 1.37 bits per heavy atom. The van der Waals surface area contributed by atoms with E-state index in [9.17, 15) is 14.7 Å². The predicted octanol–water partition coefficient (Wildman–Crippen LogP) is 2.00. The Kier molecular flexibility index (Phi) is 5.63. The Morgan fingerprint density at radius 3 is 2.58 bits per heavy atom. The van der Waals surface area contributed by atoms with Gasteiger partial charge in [0.15, 0.2) is 0 Å². The maximum atomic E-state index is 11.6. The van der Waals surface area contributed by atoms with Crippen LogP contribution >= 0.6 is 11.6 Å². The number of aromatic carboxylic acids is 1. The number of amides is 1. The lowest BCUT2D eigenvalue weighted by atomic mass is 10.1. The van der Waals surface area contributed by atoms with Gasteiger partial charge in [-0.25, -0.2) is 4.79 Å². The molecule has 1 aromatic rings. The van der Waals surface area contributed by atoms with Crippen LogP contribution in [-0.2, 0) is 4.79 Å². The number of carboxylic acid groups (broad SMARTS) is 1. The van der Waals surface area contributed by atoms with Crippen LogP contribution in [0.15, 0.2) is 18.2 Å². The van der Waals surface area contributed by atoms with Gasteiger partial charge in [-0.1, -0.05) is 17.7 Å². The third-order valence-corrected chi connectivity index (χ3v) is 2.95. The fraction of sp³-hybridized carbons (Fsp3) is 0.385. The molecular formula is C13H17ClN2O3. The Labute approximate surface area is 117 Å². The van der Waals surface area contributed by atoms with E-state index in [1.165, 1.54) is 6.07 Å². The van der Waals surface area contributed by atoms with Crippen molar-refractivity contribution in [3.05, 3.63) is 28.8 Å². The molecule has 1 amide bonds. The molecule has 1 aromatic carbocycles. The third kappa shape index (κ3) is 3.86. The molecule has 0 aromatic heterocycles. The number of carboxylic acids is 1. The Balaban J connectivity index is 3.08. The largest absolute Gasteiger partial charge is 0.478 e. The Hall–Kier alpha value is -1.75. The maximum absolute atomic E-state index is 11.6. The monoisotopic (exact) mass is 284 g/mol. The summed E-state index contributed by atoms with van der Waals surface area (Å²) in [4.78, 5) is 24.6. The van der Waals surface area contributed by atoms with Crippen LogP contribution in [0, 0.1) is 0 Å². The second kappa shape index (κ2) is 6.99. The van der Waals surface area contributed by atoms with Crippen molar-refractivity contribution in [2.24, 2.45) is 0 Å². The van der Waals surface area contributed by atoms with Crippen molar-refractivity contribution in [2.45, 2.75) is 13.8 Å². The number of hydrogen-bond acceptors (Lipinski definition) is 3. The SMILES string of the molecule is CCNC(=O)CN(CC)c1cccc(Cl)c1C(=O)O. The summed E-state index contributed by atoms with van der Waals surface area (Å²) >= 11 is 5.92. The van der Waals surface area contributed by atoms with E-state index >= 15 is 0 Å². The van der Waals surface area contributed by atoms with E-state index in [4.69, 9.17) is 11.6 Å². The molecule has 0 aliphatic heterocycles. The zero-order chi connectivity index (χ0) is 14.4. The standard InChI is InChI=1S/C13H17ClN2O3/c1-3-15-11(17)8-16(4-2)10-7-5-6-9(14)12(10)13(18)19/h5-7H,3-4,8H2,1-2H3,(H,15,17)(H,18,19). The molecule has 0 heterocycles. The topological polar surface area (TPSA) is 69.6 Å². The third-order valence-electron chi connectivity index (χ3n) is 2.64. The van der Waals surface area contributed by atoms with Crippen molar-refractivity contribution in [3.8, 4) is 0 Å². The van der Waals surface area contributed by atoms with Gasteiger partial charge in [-0.05, 0) is 26.0 Å². The number of hydrogen-bond donors (Lipinski definition) is 2. The first kappa shape index (κ1) is 15.3. The summed E-state index contributed by atoms with van der Waals surface area (Å²) < 4.78 is 0. The number of carbonyl (C=O) groups excluding carboxylic acids is 1. The first-order valence-electron chi connectivity index (χ1n) is 6.04. The molecule has 5 nitrogen and oxygen atoms in total. The molecule has 0 aliphatic carbocycles. The minimum absolute atomic E-state index is 0.0234. The van der Waals surface area contributed by atoms with Crippen molar-refractivity contribution in [1.29, 1.82) is 0 Å². The second-order valence-electron chi connectivity index (χ2n) is 3.91. The number of nitrogens with zero attached hydrogens (tertiary/aromatic N) is 1. The summed E-state index contributed by atoms with van der Waals surface area (Å²) in [6.45, 7) is 4.84. The summed E-state index contributed by atoms with van der Waals surface area (Å²) in [5.41, 5.74) is 0.476. The van der Waals surface area contributed by atoms with Crippen LogP contribution in [0.4, 0.5) is 5.69 Å². The van der Waals surface area contributed by atoms with Crippen molar-refractivity contribution in [2.75, 3.05) is 24.5 Å². The van der Waals surface area contributed by atoms with Crippen molar-refractivity contribution in [3.63, 3.8) is 0 Å². The smallest absolute Gasteiger partial charge is 0.339 e. The summed E-state index contributed by atoms with van der Waals surface area (Å²) in [5.74, 6) is -1.25. The minimum atomic E-state index is -1.10. The highest BCUT2D eigenvalue weighted by atomic mass is 35.5. The summed E-state index contributed by atoms with van der Waals surface area (Å²) in [7, 11) is 0. The van der Waals surface area contributed by atoms with Crippen LogP contribution < -0.4 is 10.2 Å². The fourth-order valence-corrected chi connectivity index (χ4v) is 2.03. The van der Waals surface area contributed by atoms with E-state index in [1.54, 1.807) is 17.0 Å². The zero-order valence-electron chi connectivity index (χ0n) is 10.9. The molecule has 2 N–H and O–H groups in total. The van der Waals surface area contributed by atoms with Crippen LogP contribution in [-0.4, -0.2) is 36.6 Å². The number of rotatable bonds is 6. The van der Waals surface area contributed by atoms with Gasteiger partial charge < -0.3 is 15.3 Å². The van der Waals surface area contributed by atoms with Gasteiger partial charge in [0.1, 0.15) is 5.56 Å². The Morgan fingerprint density at radius 2 is 2.05 bits per heavy atom. The van der Waals surface area contributed by atoms with E-state index in [2.05, 4.69) is 5.32 Å². The van der Waals surface area contributed by atoms with E-state index in [1.807, 2.05) is 13.8 Å². The number of halogens is 1. The normalized spacial score (nSPS) is 10.1. The van der Waals surface area contributed by atoms with Gasteiger partial charge in [0, 0.05) is 13.1 Å². The van der Waals surface area contributed by atoms with Crippen molar-refractivity contribution in [1.82, 2.24) is 5.32 Å². The molecule has 0 spiro atoms. The highest BCUT2D eigenvalue weighted by Gasteiger charge is 2.19. The highest BCUT2D eigenvalue weighted by molar-refractivity contribution is 6.34. The van der Waals surface area contributed by atoms with E-state index in [-0.39, 0.29) is 23.0 Å². The quantitative estimate of drug-likeness (QED) is 0.838. The molecule has 0 saturated heterocycles. The van der Waals surface area contributed by atoms with Gasteiger partial charge in [-0.3, -0.25) is 4.79 Å². The van der Waals surface area contributed by atoms with Gasteiger partial charge >= 0.3 is 5.97 Å². The molecule has 104 valence electrons. The lowest BCUT2D eigenvalue weighted by Gasteiger charge is -2.24. The first-order chi connectivity index (χ1) is 9.01. The lowest BCUT2D eigenvalue weighted by molar-refractivity contribution is -0.119. The average molecular weight is 285 g/mol. The number of likely N-dealkylation sites (N-methyl/N-ethyl adjacent to an activating group) is 2. The zero-order valence-corrected chi connectivity index (χ0v) is 11.7. The van der Waals surface area contributed by atoms with Crippen LogP contribution in [0.2, 0.25) is 5.02 Å². The molecule has 19 heavy (non-hydrogen) atoms. The second-order valence-corrected chi connectivity index (χ2v) is 4.31. The molecule has 0 atom stereocenters. The fourth-order valence-electron chi connectivity index (χ4n) is 1.78. The molecule has 0 aliphatic rings. The molecule has 0 fully saturated rings. The van der Waals surface area contributed by atoms with Gasteiger partial charge in [0.25, 0.3) is 0 Å². The van der Waals surface area contributed by atoms with E-state index < -0.39 is 5.97 Å². The average Bonchev–Trinajstić information content (AvgIpc) is 2.35. The molecule has 1 rings (SSSR count). The van der Waals surface area contributed by atoms with Gasteiger partial charge in [-0.15, -0.1) is 0 Å². The minimum Gasteiger partial charge on any atom is -0.478 e. The maximum Gasteiger partial charge on any atom is 0.339 e. The molecule has 0 unspecified atom stereocenters. The van der Waals surface area contributed by atoms with Crippen molar-refractivity contribution < 1.29 is 14.7 Å². The number of benzene rings is 1.